The quantitative estimate of drug-likeness (QED) is 0.670. The lowest BCUT2D eigenvalue weighted by Gasteiger charge is -2.59. The zero-order chi connectivity index (χ0) is 20.8. The van der Waals surface area contributed by atoms with Crippen molar-refractivity contribution in [2.24, 2.45) is 23.2 Å². The average Bonchev–Trinajstić information content (AvgIpc) is 2.64. The highest BCUT2D eigenvalue weighted by molar-refractivity contribution is 6.30. The van der Waals surface area contributed by atoms with Crippen molar-refractivity contribution in [3.8, 4) is 5.75 Å². The normalized spacial score (nSPS) is 33.1. The van der Waals surface area contributed by atoms with Gasteiger partial charge in [0.1, 0.15) is 5.75 Å². The number of benzene rings is 1. The van der Waals surface area contributed by atoms with Crippen LogP contribution in [0.4, 0.5) is 0 Å². The standard InChI is InChI=1S/C23H28ClNO4/c1-22(2,29-18-5-3-17(24)4-6-18)21(28)25-20-15-9-14-10-16(20)13-23(11-14,12-15)8-7-19(26)27/h3-8,14-16,20H,9-13H2,1-2H3,(H,25,28)(H,26,27). The van der Waals surface area contributed by atoms with Gasteiger partial charge in [-0.05, 0) is 93.4 Å². The van der Waals surface area contributed by atoms with Crippen molar-refractivity contribution < 1.29 is 19.4 Å². The fourth-order valence-electron chi connectivity index (χ4n) is 5.94. The van der Waals surface area contributed by atoms with Gasteiger partial charge in [0.25, 0.3) is 5.91 Å². The van der Waals surface area contributed by atoms with Gasteiger partial charge in [-0.1, -0.05) is 17.7 Å². The highest BCUT2D eigenvalue weighted by atomic mass is 35.5. The van der Waals surface area contributed by atoms with Gasteiger partial charge in [0, 0.05) is 17.1 Å². The van der Waals surface area contributed by atoms with Crippen molar-refractivity contribution in [1.29, 1.82) is 0 Å². The lowest BCUT2D eigenvalue weighted by atomic mass is 9.48. The first kappa shape index (κ1) is 20.3. The van der Waals surface area contributed by atoms with E-state index in [1.54, 1.807) is 38.1 Å². The number of aliphatic carboxylic acids is 1. The van der Waals surface area contributed by atoms with Crippen molar-refractivity contribution in [1.82, 2.24) is 5.32 Å². The van der Waals surface area contributed by atoms with E-state index in [2.05, 4.69) is 5.32 Å². The van der Waals surface area contributed by atoms with Crippen molar-refractivity contribution in [3.05, 3.63) is 41.4 Å². The molecule has 1 aromatic rings. The summed E-state index contributed by atoms with van der Waals surface area (Å²) in [6.07, 6.45) is 8.44. The number of amides is 1. The highest BCUT2D eigenvalue weighted by Gasteiger charge is 2.55. The van der Waals surface area contributed by atoms with E-state index < -0.39 is 11.6 Å². The second-order valence-corrected chi connectivity index (χ2v) is 10.0. The van der Waals surface area contributed by atoms with E-state index in [9.17, 15) is 9.59 Å². The number of carboxylic acids is 1. The summed E-state index contributed by atoms with van der Waals surface area (Å²) in [4.78, 5) is 24.1. The van der Waals surface area contributed by atoms with Crippen LogP contribution in [0.25, 0.3) is 0 Å². The van der Waals surface area contributed by atoms with Gasteiger partial charge in [0.2, 0.25) is 0 Å². The Morgan fingerprint density at radius 3 is 2.38 bits per heavy atom. The monoisotopic (exact) mass is 417 g/mol. The molecule has 4 saturated carbocycles. The number of hydrogen-bond donors (Lipinski definition) is 2. The Morgan fingerprint density at radius 2 is 1.79 bits per heavy atom. The predicted octanol–water partition coefficient (Wildman–Crippen LogP) is 4.45. The summed E-state index contributed by atoms with van der Waals surface area (Å²) >= 11 is 5.92. The van der Waals surface area contributed by atoms with Crippen LogP contribution >= 0.6 is 11.6 Å². The van der Waals surface area contributed by atoms with E-state index >= 15 is 0 Å². The molecule has 0 aromatic heterocycles. The Balaban J connectivity index is 1.44. The van der Waals surface area contributed by atoms with Crippen molar-refractivity contribution in [3.63, 3.8) is 0 Å². The molecule has 4 bridgehead atoms. The van der Waals surface area contributed by atoms with Crippen LogP contribution in [0.2, 0.25) is 5.02 Å². The number of carbonyl (C=O) groups excluding carboxylic acids is 1. The number of nitrogens with one attached hydrogen (secondary N) is 1. The van der Waals surface area contributed by atoms with Crippen LogP contribution in [-0.4, -0.2) is 28.6 Å². The molecular weight excluding hydrogens is 390 g/mol. The Morgan fingerprint density at radius 1 is 1.17 bits per heavy atom. The van der Waals surface area contributed by atoms with Gasteiger partial charge >= 0.3 is 5.97 Å². The molecule has 4 fully saturated rings. The molecule has 2 atom stereocenters. The van der Waals surface area contributed by atoms with Crippen LogP contribution in [-0.2, 0) is 9.59 Å². The summed E-state index contributed by atoms with van der Waals surface area (Å²) in [5, 5.41) is 13.0. The molecule has 5 nitrogen and oxygen atoms in total. The first-order chi connectivity index (χ1) is 13.7. The first-order valence-electron chi connectivity index (χ1n) is 10.3. The first-order valence-corrected chi connectivity index (χ1v) is 10.7. The summed E-state index contributed by atoms with van der Waals surface area (Å²) < 4.78 is 5.95. The number of halogens is 1. The smallest absolute Gasteiger partial charge is 0.327 e. The highest BCUT2D eigenvalue weighted by Crippen LogP contribution is 2.60. The minimum absolute atomic E-state index is 0.00849. The topological polar surface area (TPSA) is 75.6 Å². The molecule has 0 aliphatic heterocycles. The van der Waals surface area contributed by atoms with Crippen LogP contribution in [0, 0.1) is 23.2 Å². The van der Waals surface area contributed by atoms with Gasteiger partial charge in [0.05, 0.1) is 0 Å². The van der Waals surface area contributed by atoms with Gasteiger partial charge in [-0.2, -0.15) is 0 Å². The van der Waals surface area contributed by atoms with E-state index in [0.29, 0.717) is 28.5 Å². The van der Waals surface area contributed by atoms with Gasteiger partial charge in [-0.15, -0.1) is 0 Å². The SMILES string of the molecule is CC(C)(Oc1ccc(Cl)cc1)C(=O)NC1C2CC3CC1CC(C=CC(=O)O)(C3)C2. The van der Waals surface area contributed by atoms with Gasteiger partial charge in [0.15, 0.2) is 5.60 Å². The van der Waals surface area contributed by atoms with Crippen molar-refractivity contribution >= 4 is 23.5 Å². The molecule has 1 amide bonds. The predicted molar refractivity (Wildman–Crippen MR) is 111 cm³/mol. The molecule has 0 heterocycles. The Labute approximate surface area is 176 Å². The van der Waals surface area contributed by atoms with E-state index in [1.807, 2.05) is 6.08 Å². The molecule has 29 heavy (non-hydrogen) atoms. The zero-order valence-electron chi connectivity index (χ0n) is 16.9. The maximum Gasteiger partial charge on any atom is 0.327 e. The molecule has 0 saturated heterocycles. The summed E-state index contributed by atoms with van der Waals surface area (Å²) in [7, 11) is 0. The van der Waals surface area contributed by atoms with Crippen molar-refractivity contribution in [2.45, 2.75) is 57.6 Å². The molecule has 2 unspecified atom stereocenters. The molecule has 0 spiro atoms. The van der Waals surface area contributed by atoms with E-state index in [4.69, 9.17) is 21.4 Å². The van der Waals surface area contributed by atoms with Crippen LogP contribution in [0.1, 0.15) is 46.0 Å². The molecule has 4 aliphatic carbocycles. The average molecular weight is 418 g/mol. The Bertz CT molecular complexity index is 816. The fourth-order valence-corrected chi connectivity index (χ4v) is 6.07. The lowest BCUT2D eigenvalue weighted by molar-refractivity contribution is -0.139. The second-order valence-electron chi connectivity index (χ2n) is 9.57. The van der Waals surface area contributed by atoms with Crippen LogP contribution in [0.15, 0.2) is 36.4 Å². The molecule has 6 heteroatoms. The maximum atomic E-state index is 13.1. The third kappa shape index (κ3) is 4.16. The summed E-state index contributed by atoms with van der Waals surface area (Å²) in [5.74, 6) is 1.05. The molecule has 0 radical (unpaired) electrons. The van der Waals surface area contributed by atoms with E-state index in [1.165, 1.54) is 6.08 Å². The number of carbonyl (C=O) groups is 2. The molecule has 5 rings (SSSR count). The third-order valence-electron chi connectivity index (χ3n) is 6.93. The molecular formula is C23H28ClNO4. The van der Waals surface area contributed by atoms with Crippen LogP contribution in [0.3, 0.4) is 0 Å². The minimum atomic E-state index is -0.997. The van der Waals surface area contributed by atoms with E-state index in [0.717, 1.165) is 32.1 Å². The number of allylic oxidation sites excluding steroid dienone is 1. The van der Waals surface area contributed by atoms with Gasteiger partial charge in [-0.3, -0.25) is 4.79 Å². The number of rotatable bonds is 6. The Kier molecular flexibility index (Phi) is 5.14. The van der Waals surface area contributed by atoms with Gasteiger partial charge < -0.3 is 15.2 Å². The van der Waals surface area contributed by atoms with Crippen LogP contribution in [0.5, 0.6) is 5.75 Å². The largest absolute Gasteiger partial charge is 0.478 e. The number of hydrogen-bond acceptors (Lipinski definition) is 3. The number of carboxylic acid groups (broad SMARTS) is 1. The lowest BCUT2D eigenvalue weighted by Crippen LogP contribution is -2.61. The molecule has 156 valence electrons. The van der Waals surface area contributed by atoms with Crippen molar-refractivity contribution in [2.75, 3.05) is 0 Å². The second kappa shape index (κ2) is 7.35. The van der Waals surface area contributed by atoms with E-state index in [-0.39, 0.29) is 17.4 Å². The van der Waals surface area contributed by atoms with Crippen LogP contribution < -0.4 is 10.1 Å². The summed E-state index contributed by atoms with van der Waals surface area (Å²) in [6.45, 7) is 3.56. The molecule has 4 aliphatic rings. The summed E-state index contributed by atoms with van der Waals surface area (Å²) in [6, 6.07) is 7.15. The summed E-state index contributed by atoms with van der Waals surface area (Å²) in [5.41, 5.74) is -1.01. The van der Waals surface area contributed by atoms with Gasteiger partial charge in [-0.25, -0.2) is 4.79 Å². The fraction of sp³-hybridized carbons (Fsp3) is 0.565. The minimum Gasteiger partial charge on any atom is -0.478 e. The third-order valence-corrected chi connectivity index (χ3v) is 7.18. The number of ether oxygens (including phenoxy) is 1. The Hall–Kier alpha value is -2.01. The zero-order valence-corrected chi connectivity index (χ0v) is 17.6. The maximum absolute atomic E-state index is 13.1. The molecule has 1 aromatic carbocycles. The molecule has 2 N–H and O–H groups in total.